The number of halogens is 1. The molecule has 2 heterocycles. The smallest absolute Gasteiger partial charge is 0.214 e. The van der Waals surface area contributed by atoms with Gasteiger partial charge in [0.25, 0.3) is 0 Å². The number of rotatable bonds is 6. The second kappa shape index (κ2) is 9.01. The Bertz CT molecular complexity index is 991. The van der Waals surface area contributed by atoms with Crippen molar-refractivity contribution in [2.45, 2.75) is 25.9 Å². The first-order valence-electron chi connectivity index (χ1n) is 10.8. The van der Waals surface area contributed by atoms with Crippen LogP contribution in [0, 0.1) is 5.82 Å². The Balaban J connectivity index is 1.62. The number of hydrogen-bond donors (Lipinski definition) is 1. The average Bonchev–Trinajstić information content (AvgIpc) is 3.25. The zero-order valence-electron chi connectivity index (χ0n) is 18.7. The van der Waals surface area contributed by atoms with E-state index in [0.29, 0.717) is 5.69 Å². The third-order valence-corrected chi connectivity index (χ3v) is 6.02. The van der Waals surface area contributed by atoms with Gasteiger partial charge in [-0.15, -0.1) is 5.10 Å². The van der Waals surface area contributed by atoms with Crippen molar-refractivity contribution >= 4 is 11.4 Å². The minimum absolute atomic E-state index is 0.0244. The van der Waals surface area contributed by atoms with Crippen molar-refractivity contribution in [2.24, 2.45) is 0 Å². The summed E-state index contributed by atoms with van der Waals surface area (Å²) in [4.78, 5) is 5.62. The molecule has 7 nitrogen and oxygen atoms in total. The second-order valence-electron chi connectivity index (χ2n) is 8.59. The molecule has 0 radical (unpaired) electrons. The Hall–Kier alpha value is -3.00. The standard InChI is InChI=1S/C23H30FN7/c1-17(2)31-23(25-26-27-31)22(18-9-11-19(12-10-18)28(3)4)30-15-13-29(14-16-30)21-8-6-5-7-20(21)24/h5-12,17,22H,13-16H2,1-4H3/p+1/t22-/m0/s1. The number of benzene rings is 2. The lowest BCUT2D eigenvalue weighted by atomic mass is 10.0. The van der Waals surface area contributed by atoms with Crippen LogP contribution in [-0.2, 0) is 0 Å². The first-order valence-corrected chi connectivity index (χ1v) is 10.8. The highest BCUT2D eigenvalue weighted by molar-refractivity contribution is 5.48. The van der Waals surface area contributed by atoms with Gasteiger partial charge in [0.05, 0.1) is 37.9 Å². The summed E-state index contributed by atoms with van der Waals surface area (Å²) in [5.74, 6) is 0.715. The summed E-state index contributed by atoms with van der Waals surface area (Å²) in [5, 5.41) is 12.7. The summed E-state index contributed by atoms with van der Waals surface area (Å²) in [6.45, 7) is 7.51. The van der Waals surface area contributed by atoms with Crippen LogP contribution in [0.4, 0.5) is 15.8 Å². The van der Waals surface area contributed by atoms with Crippen LogP contribution in [0.5, 0.6) is 0 Å². The van der Waals surface area contributed by atoms with E-state index >= 15 is 0 Å². The van der Waals surface area contributed by atoms with Crippen molar-refractivity contribution in [3.8, 4) is 0 Å². The Morgan fingerprint density at radius 1 is 1.00 bits per heavy atom. The Labute approximate surface area is 183 Å². The Morgan fingerprint density at radius 3 is 2.29 bits per heavy atom. The van der Waals surface area contributed by atoms with Crippen LogP contribution in [0.2, 0.25) is 0 Å². The largest absolute Gasteiger partial charge is 0.378 e. The molecule has 1 atom stereocenters. The highest BCUT2D eigenvalue weighted by Gasteiger charge is 2.35. The summed E-state index contributed by atoms with van der Waals surface area (Å²) in [6.07, 6.45) is 0. The zero-order valence-corrected chi connectivity index (χ0v) is 18.7. The maximum atomic E-state index is 14.3. The molecule has 3 aromatic rings. The SMILES string of the molecule is CC(C)n1nnnc1[C@H](c1ccc(N(C)C)cc1)[NH+]1CCN(c2ccccc2F)CC1. The number of quaternary nitrogens is 1. The number of para-hydroxylation sites is 1. The molecule has 8 heteroatoms. The maximum Gasteiger partial charge on any atom is 0.214 e. The van der Waals surface area contributed by atoms with Gasteiger partial charge < -0.3 is 14.7 Å². The van der Waals surface area contributed by atoms with E-state index in [-0.39, 0.29) is 17.9 Å². The van der Waals surface area contributed by atoms with Gasteiger partial charge in [-0.05, 0) is 48.5 Å². The molecule has 0 bridgehead atoms. The molecule has 0 amide bonds. The fraction of sp³-hybridized carbons (Fsp3) is 0.435. The lowest BCUT2D eigenvalue weighted by molar-refractivity contribution is -0.927. The molecule has 1 aliphatic heterocycles. The summed E-state index contributed by atoms with van der Waals surface area (Å²) in [7, 11) is 4.08. The topological polar surface area (TPSA) is 54.5 Å². The van der Waals surface area contributed by atoms with Crippen molar-refractivity contribution in [1.82, 2.24) is 20.2 Å². The summed E-state index contributed by atoms with van der Waals surface area (Å²) < 4.78 is 16.2. The molecule has 0 saturated carbocycles. The molecule has 0 unspecified atom stereocenters. The normalized spacial score (nSPS) is 16.0. The van der Waals surface area contributed by atoms with Gasteiger partial charge in [0, 0.05) is 25.3 Å². The van der Waals surface area contributed by atoms with Crippen LogP contribution in [0.25, 0.3) is 0 Å². The molecule has 1 saturated heterocycles. The quantitative estimate of drug-likeness (QED) is 0.656. The third-order valence-electron chi connectivity index (χ3n) is 6.02. The third kappa shape index (κ3) is 4.39. The van der Waals surface area contributed by atoms with E-state index in [0.717, 1.165) is 37.7 Å². The van der Waals surface area contributed by atoms with Crippen molar-refractivity contribution in [3.63, 3.8) is 0 Å². The fourth-order valence-electron chi connectivity index (χ4n) is 4.32. The van der Waals surface area contributed by atoms with Crippen LogP contribution in [0.15, 0.2) is 48.5 Å². The van der Waals surface area contributed by atoms with Crippen LogP contribution >= 0.6 is 0 Å². The molecule has 1 aromatic heterocycles. The number of anilines is 2. The average molecular weight is 425 g/mol. The van der Waals surface area contributed by atoms with Crippen LogP contribution in [0.3, 0.4) is 0 Å². The van der Waals surface area contributed by atoms with Crippen molar-refractivity contribution in [2.75, 3.05) is 50.1 Å². The predicted molar refractivity (Wildman–Crippen MR) is 120 cm³/mol. The van der Waals surface area contributed by atoms with Gasteiger partial charge in [0.2, 0.25) is 5.82 Å². The number of nitrogens with one attached hydrogen (secondary N) is 1. The van der Waals surface area contributed by atoms with Gasteiger partial charge >= 0.3 is 0 Å². The van der Waals surface area contributed by atoms with Gasteiger partial charge in [-0.1, -0.05) is 24.3 Å². The molecular formula is C23H31FN7+. The van der Waals surface area contributed by atoms with Crippen molar-refractivity contribution in [3.05, 3.63) is 65.7 Å². The molecule has 1 fully saturated rings. The van der Waals surface area contributed by atoms with Crippen LogP contribution < -0.4 is 14.7 Å². The Morgan fingerprint density at radius 2 is 1.68 bits per heavy atom. The second-order valence-corrected chi connectivity index (χ2v) is 8.59. The molecule has 0 aliphatic carbocycles. The summed E-state index contributed by atoms with van der Waals surface area (Å²) in [5.41, 5.74) is 3.03. The summed E-state index contributed by atoms with van der Waals surface area (Å²) >= 11 is 0. The number of aromatic nitrogens is 4. The minimum atomic E-state index is -0.162. The lowest BCUT2D eigenvalue weighted by Crippen LogP contribution is -3.15. The lowest BCUT2D eigenvalue weighted by Gasteiger charge is -2.37. The van der Waals surface area contributed by atoms with Crippen molar-refractivity contribution < 1.29 is 9.29 Å². The van der Waals surface area contributed by atoms with Gasteiger partial charge in [0.1, 0.15) is 5.82 Å². The van der Waals surface area contributed by atoms with E-state index in [1.165, 1.54) is 16.5 Å². The predicted octanol–water partition coefficient (Wildman–Crippen LogP) is 1.95. The van der Waals surface area contributed by atoms with Crippen LogP contribution in [-0.4, -0.2) is 60.5 Å². The zero-order chi connectivity index (χ0) is 22.0. The molecule has 1 N–H and O–H groups in total. The minimum Gasteiger partial charge on any atom is -0.378 e. The first kappa shape index (κ1) is 21.2. The molecule has 2 aromatic carbocycles. The van der Waals surface area contributed by atoms with E-state index in [2.05, 4.69) is 63.4 Å². The molecule has 1 aliphatic rings. The van der Waals surface area contributed by atoms with Gasteiger partial charge in [0.15, 0.2) is 6.04 Å². The molecule has 31 heavy (non-hydrogen) atoms. The highest BCUT2D eigenvalue weighted by Crippen LogP contribution is 2.23. The Kier molecular flexibility index (Phi) is 6.18. The fourth-order valence-corrected chi connectivity index (χ4v) is 4.32. The number of hydrogen-bond acceptors (Lipinski definition) is 5. The maximum absolute atomic E-state index is 14.3. The van der Waals surface area contributed by atoms with Gasteiger partial charge in [-0.2, -0.15) is 0 Å². The molecule has 4 rings (SSSR count). The van der Waals surface area contributed by atoms with Gasteiger partial charge in [-0.3, -0.25) is 0 Å². The van der Waals surface area contributed by atoms with Crippen molar-refractivity contribution in [1.29, 1.82) is 0 Å². The van der Waals surface area contributed by atoms with E-state index in [1.807, 2.05) is 30.9 Å². The number of tetrazole rings is 1. The van der Waals surface area contributed by atoms with E-state index in [1.54, 1.807) is 6.07 Å². The monoisotopic (exact) mass is 424 g/mol. The van der Waals surface area contributed by atoms with E-state index in [9.17, 15) is 4.39 Å². The highest BCUT2D eigenvalue weighted by atomic mass is 19.1. The number of nitrogens with zero attached hydrogens (tertiary/aromatic N) is 6. The van der Waals surface area contributed by atoms with Crippen LogP contribution in [0.1, 0.15) is 37.3 Å². The first-order chi connectivity index (χ1) is 15.0. The van der Waals surface area contributed by atoms with E-state index in [4.69, 9.17) is 0 Å². The van der Waals surface area contributed by atoms with E-state index < -0.39 is 0 Å². The van der Waals surface area contributed by atoms with Gasteiger partial charge in [-0.25, -0.2) is 9.07 Å². The molecule has 0 spiro atoms. The summed E-state index contributed by atoms with van der Waals surface area (Å²) in [6, 6.07) is 15.8. The molecular weight excluding hydrogens is 393 g/mol. The number of piperazine rings is 1. The molecule has 164 valence electrons.